The Labute approximate surface area is 112 Å². The Bertz CT molecular complexity index is 500. The molecule has 0 aliphatic heterocycles. The van der Waals surface area contributed by atoms with Gasteiger partial charge in [-0.15, -0.1) is 11.6 Å². The summed E-state index contributed by atoms with van der Waals surface area (Å²) in [6.45, 7) is 1.92. The fourth-order valence-electron chi connectivity index (χ4n) is 2.14. The van der Waals surface area contributed by atoms with Crippen LogP contribution in [0.15, 0.2) is 11.2 Å². The van der Waals surface area contributed by atoms with E-state index in [2.05, 4.69) is 14.7 Å². The molecule has 0 radical (unpaired) electrons. The van der Waals surface area contributed by atoms with Crippen LogP contribution in [0.5, 0.6) is 0 Å². The first-order valence-corrected chi connectivity index (χ1v) is 8.15. The molecule has 2 N–H and O–H groups in total. The lowest BCUT2D eigenvalue weighted by Crippen LogP contribution is -2.42. The van der Waals surface area contributed by atoms with Gasteiger partial charge >= 0.3 is 0 Å². The molecule has 102 valence electrons. The van der Waals surface area contributed by atoms with Gasteiger partial charge in [-0.25, -0.2) is 18.1 Å². The standard InChI is InChI=1S/C11H18ClN3O2S/c1-2-10-13-7-11(14-10)18(16,17)15-9-6-4-3-5-8(9)12/h7-9,15H,2-6H2,1H3,(H,13,14). The molecule has 0 bridgehead atoms. The van der Waals surface area contributed by atoms with Crippen LogP contribution in [0, 0.1) is 0 Å². The van der Waals surface area contributed by atoms with Gasteiger partial charge in [0, 0.05) is 17.8 Å². The Morgan fingerprint density at radius 3 is 2.83 bits per heavy atom. The summed E-state index contributed by atoms with van der Waals surface area (Å²) < 4.78 is 26.9. The van der Waals surface area contributed by atoms with Gasteiger partial charge in [0.15, 0.2) is 5.03 Å². The second kappa shape index (κ2) is 5.59. The van der Waals surface area contributed by atoms with Crippen LogP contribution in [0.2, 0.25) is 0 Å². The molecular weight excluding hydrogens is 274 g/mol. The van der Waals surface area contributed by atoms with Crippen LogP contribution in [-0.4, -0.2) is 29.8 Å². The fraction of sp³-hybridized carbons (Fsp3) is 0.727. The number of hydrogen-bond donors (Lipinski definition) is 2. The van der Waals surface area contributed by atoms with Gasteiger partial charge in [-0.1, -0.05) is 19.8 Å². The average molecular weight is 292 g/mol. The quantitative estimate of drug-likeness (QED) is 0.831. The molecule has 1 heterocycles. The van der Waals surface area contributed by atoms with Crippen LogP contribution in [0.3, 0.4) is 0 Å². The van der Waals surface area contributed by atoms with Crippen molar-refractivity contribution < 1.29 is 8.42 Å². The van der Waals surface area contributed by atoms with Crippen LogP contribution >= 0.6 is 11.6 Å². The van der Waals surface area contributed by atoms with Gasteiger partial charge in [0.2, 0.25) is 0 Å². The molecule has 1 aliphatic carbocycles. The van der Waals surface area contributed by atoms with Crippen molar-refractivity contribution in [3.8, 4) is 0 Å². The summed E-state index contributed by atoms with van der Waals surface area (Å²) in [7, 11) is -3.53. The maximum Gasteiger partial charge on any atom is 0.257 e. The van der Waals surface area contributed by atoms with Crippen molar-refractivity contribution in [2.45, 2.75) is 55.5 Å². The SMILES string of the molecule is CCc1ncc(S(=O)(=O)NC2CCCCC2Cl)[nH]1. The van der Waals surface area contributed by atoms with Crippen molar-refractivity contribution in [1.29, 1.82) is 0 Å². The second-order valence-corrected chi connectivity index (χ2v) is 6.82. The summed E-state index contributed by atoms with van der Waals surface area (Å²) in [6, 6.07) is -0.182. The first-order chi connectivity index (χ1) is 8.53. The molecular formula is C11H18ClN3O2S. The zero-order valence-electron chi connectivity index (χ0n) is 10.3. The first kappa shape index (κ1) is 13.8. The van der Waals surface area contributed by atoms with E-state index in [1.807, 2.05) is 6.92 Å². The molecule has 2 atom stereocenters. The van der Waals surface area contributed by atoms with E-state index in [0.29, 0.717) is 12.2 Å². The smallest absolute Gasteiger partial charge is 0.257 e. The largest absolute Gasteiger partial charge is 0.332 e. The van der Waals surface area contributed by atoms with Gasteiger partial charge in [-0.3, -0.25) is 0 Å². The molecule has 5 nitrogen and oxygen atoms in total. The van der Waals surface area contributed by atoms with Crippen LogP contribution in [-0.2, 0) is 16.4 Å². The van der Waals surface area contributed by atoms with E-state index in [1.165, 1.54) is 6.20 Å². The number of H-pyrrole nitrogens is 1. The lowest BCUT2D eigenvalue weighted by molar-refractivity contribution is 0.418. The molecule has 2 unspecified atom stereocenters. The minimum atomic E-state index is -3.53. The zero-order valence-corrected chi connectivity index (χ0v) is 11.9. The minimum Gasteiger partial charge on any atom is -0.332 e. The lowest BCUT2D eigenvalue weighted by atomic mass is 9.96. The molecule has 1 saturated carbocycles. The van der Waals surface area contributed by atoms with Gasteiger partial charge in [-0.2, -0.15) is 0 Å². The number of nitrogens with zero attached hydrogens (tertiary/aromatic N) is 1. The third kappa shape index (κ3) is 3.05. The van der Waals surface area contributed by atoms with Crippen molar-refractivity contribution in [3.05, 3.63) is 12.0 Å². The predicted molar refractivity (Wildman–Crippen MR) is 70.2 cm³/mol. The Morgan fingerprint density at radius 2 is 2.22 bits per heavy atom. The second-order valence-electron chi connectivity index (χ2n) is 4.58. The van der Waals surface area contributed by atoms with Gasteiger partial charge in [0.25, 0.3) is 10.0 Å². The van der Waals surface area contributed by atoms with E-state index in [-0.39, 0.29) is 16.4 Å². The molecule has 1 aromatic rings. The highest BCUT2D eigenvalue weighted by Gasteiger charge is 2.28. The number of aromatic nitrogens is 2. The third-order valence-corrected chi connectivity index (χ3v) is 5.14. The van der Waals surface area contributed by atoms with Crippen molar-refractivity contribution in [2.24, 2.45) is 0 Å². The Morgan fingerprint density at radius 1 is 1.50 bits per heavy atom. The number of nitrogens with one attached hydrogen (secondary N) is 2. The van der Waals surface area contributed by atoms with E-state index >= 15 is 0 Å². The zero-order chi connectivity index (χ0) is 13.2. The number of halogens is 1. The van der Waals surface area contributed by atoms with Crippen LogP contribution < -0.4 is 4.72 Å². The van der Waals surface area contributed by atoms with Gasteiger partial charge < -0.3 is 4.98 Å². The number of sulfonamides is 1. The fourth-order valence-corrected chi connectivity index (χ4v) is 3.81. The van der Waals surface area contributed by atoms with Gasteiger partial charge in [0.05, 0.1) is 6.20 Å². The van der Waals surface area contributed by atoms with E-state index in [9.17, 15) is 8.42 Å². The van der Waals surface area contributed by atoms with E-state index in [1.54, 1.807) is 0 Å². The highest BCUT2D eigenvalue weighted by atomic mass is 35.5. The molecule has 2 rings (SSSR count). The normalized spacial score (nSPS) is 25.2. The van der Waals surface area contributed by atoms with Crippen LogP contribution in [0.1, 0.15) is 38.4 Å². The summed E-state index contributed by atoms with van der Waals surface area (Å²) in [6.07, 6.45) is 5.76. The molecule has 0 saturated heterocycles. The Hall–Kier alpha value is -0.590. The summed E-state index contributed by atoms with van der Waals surface area (Å²) in [5, 5.41) is -0.00381. The number of alkyl halides is 1. The Kier molecular flexibility index (Phi) is 4.29. The molecule has 1 fully saturated rings. The summed E-state index contributed by atoms with van der Waals surface area (Å²) in [5.41, 5.74) is 0. The maximum atomic E-state index is 12.1. The summed E-state index contributed by atoms with van der Waals surface area (Å²) in [4.78, 5) is 6.81. The number of aromatic amines is 1. The molecule has 0 aromatic carbocycles. The van der Waals surface area contributed by atoms with Gasteiger partial charge in [0.1, 0.15) is 5.82 Å². The number of imidazole rings is 1. The molecule has 0 spiro atoms. The van der Waals surface area contributed by atoms with E-state index < -0.39 is 10.0 Å². The van der Waals surface area contributed by atoms with Crippen LogP contribution in [0.25, 0.3) is 0 Å². The van der Waals surface area contributed by atoms with Crippen molar-refractivity contribution in [1.82, 2.24) is 14.7 Å². The molecule has 7 heteroatoms. The topological polar surface area (TPSA) is 74.8 Å². The van der Waals surface area contributed by atoms with E-state index in [0.717, 1.165) is 25.7 Å². The molecule has 18 heavy (non-hydrogen) atoms. The average Bonchev–Trinajstić information content (AvgIpc) is 2.81. The first-order valence-electron chi connectivity index (χ1n) is 6.23. The number of hydrogen-bond acceptors (Lipinski definition) is 3. The lowest BCUT2D eigenvalue weighted by Gasteiger charge is -2.27. The van der Waals surface area contributed by atoms with Crippen molar-refractivity contribution in [3.63, 3.8) is 0 Å². The molecule has 1 aliphatic rings. The predicted octanol–water partition coefficient (Wildman–Crippen LogP) is 1.80. The third-order valence-electron chi connectivity index (χ3n) is 3.22. The highest BCUT2D eigenvalue weighted by Crippen LogP contribution is 2.24. The summed E-state index contributed by atoms with van der Waals surface area (Å²) >= 11 is 6.16. The number of aryl methyl sites for hydroxylation is 1. The summed E-state index contributed by atoms with van der Waals surface area (Å²) in [5.74, 6) is 0.668. The minimum absolute atomic E-state index is 0.119. The highest BCUT2D eigenvalue weighted by molar-refractivity contribution is 7.89. The van der Waals surface area contributed by atoms with Gasteiger partial charge in [-0.05, 0) is 12.8 Å². The molecule has 1 aromatic heterocycles. The number of rotatable bonds is 4. The van der Waals surface area contributed by atoms with Crippen LogP contribution in [0.4, 0.5) is 0 Å². The van der Waals surface area contributed by atoms with E-state index in [4.69, 9.17) is 11.6 Å². The Balaban J connectivity index is 2.11. The van der Waals surface area contributed by atoms with Crippen molar-refractivity contribution in [2.75, 3.05) is 0 Å². The monoisotopic (exact) mass is 291 g/mol. The van der Waals surface area contributed by atoms with Crippen molar-refractivity contribution >= 4 is 21.6 Å². The molecule has 0 amide bonds. The maximum absolute atomic E-state index is 12.1.